The van der Waals surface area contributed by atoms with Crippen molar-refractivity contribution in [3.05, 3.63) is 106 Å². The predicted octanol–water partition coefficient (Wildman–Crippen LogP) is 1.56. The van der Waals surface area contributed by atoms with Crippen LogP contribution in [0, 0.1) is 22.0 Å². The fraction of sp³-hybridized carbons (Fsp3) is 0.258. The number of ether oxygens (including phenoxy) is 1. The molecule has 0 radical (unpaired) electrons. The van der Waals surface area contributed by atoms with Crippen molar-refractivity contribution in [2.45, 2.75) is 31.1 Å². The van der Waals surface area contributed by atoms with Gasteiger partial charge in [0, 0.05) is 24.1 Å². The number of esters is 1. The first-order valence-corrected chi connectivity index (χ1v) is 13.9. The lowest BCUT2D eigenvalue weighted by atomic mass is 9.76. The highest BCUT2D eigenvalue weighted by atomic mass is 19.4. The van der Waals surface area contributed by atoms with E-state index in [0.717, 1.165) is 10.5 Å². The summed E-state index contributed by atoms with van der Waals surface area (Å²) >= 11 is 0. The van der Waals surface area contributed by atoms with Crippen LogP contribution in [0.2, 0.25) is 0 Å². The highest BCUT2D eigenvalue weighted by Crippen LogP contribution is 2.47. The molecular formula is C31H26F3N3O10. The summed E-state index contributed by atoms with van der Waals surface area (Å²) < 4.78 is 37.0. The average Bonchev–Trinajstić information content (AvgIpc) is 3.51. The Morgan fingerprint density at radius 3 is 2.21 bits per heavy atom. The second-order valence-electron chi connectivity index (χ2n) is 10.6. The summed E-state index contributed by atoms with van der Waals surface area (Å²) in [5.74, 6) is -8.45. The van der Waals surface area contributed by atoms with E-state index in [1.54, 1.807) is 42.6 Å². The number of aromatic carboxylic acids is 1. The minimum Gasteiger partial charge on any atom is -0.542 e. The number of carboxylic acids is 2. The molecule has 4 atom stereocenters. The smallest absolute Gasteiger partial charge is 0.430 e. The van der Waals surface area contributed by atoms with Crippen molar-refractivity contribution >= 4 is 41.1 Å². The maximum atomic E-state index is 14.2. The summed E-state index contributed by atoms with van der Waals surface area (Å²) in [4.78, 5) is 74.3. The predicted molar refractivity (Wildman–Crippen MR) is 151 cm³/mol. The minimum absolute atomic E-state index is 0.0363. The molecule has 13 nitrogen and oxygen atoms in total. The number of nitrogens with zero attached hydrogens (tertiary/aromatic N) is 2. The van der Waals surface area contributed by atoms with Crippen LogP contribution in [0.15, 0.2) is 78.9 Å². The zero-order valence-corrected chi connectivity index (χ0v) is 24.4. The zero-order valence-electron chi connectivity index (χ0n) is 24.4. The number of hydrogen-bond donors (Lipinski definition) is 2. The lowest BCUT2D eigenvalue weighted by Crippen LogP contribution is -2.98. The lowest BCUT2D eigenvalue weighted by molar-refractivity contribution is -0.734. The summed E-state index contributed by atoms with van der Waals surface area (Å²) in [5.41, 5.74) is -0.662. The molecule has 2 fully saturated rings. The first-order chi connectivity index (χ1) is 22.1. The molecule has 3 aromatic carbocycles. The van der Waals surface area contributed by atoms with Crippen molar-refractivity contribution in [2.75, 3.05) is 11.5 Å². The van der Waals surface area contributed by atoms with E-state index in [4.69, 9.17) is 14.6 Å². The third kappa shape index (κ3) is 6.81. The Bertz CT molecular complexity index is 1730. The van der Waals surface area contributed by atoms with E-state index >= 15 is 0 Å². The molecule has 2 aliphatic rings. The second kappa shape index (κ2) is 13.4. The van der Waals surface area contributed by atoms with Crippen LogP contribution in [0.1, 0.15) is 34.5 Å². The van der Waals surface area contributed by atoms with E-state index in [1.807, 2.05) is 6.07 Å². The number of fused-ring (bicyclic) bond motifs is 1. The number of aliphatic carboxylic acids is 1. The van der Waals surface area contributed by atoms with Crippen molar-refractivity contribution in [1.29, 1.82) is 0 Å². The molecule has 2 heterocycles. The van der Waals surface area contributed by atoms with Gasteiger partial charge in [-0.15, -0.1) is 0 Å². The maximum Gasteiger partial charge on any atom is 0.430 e. The third-order valence-corrected chi connectivity index (χ3v) is 7.81. The Kier molecular flexibility index (Phi) is 9.75. The average molecular weight is 658 g/mol. The van der Waals surface area contributed by atoms with Gasteiger partial charge in [0.15, 0.2) is 0 Å². The Morgan fingerprint density at radius 1 is 1.00 bits per heavy atom. The van der Waals surface area contributed by atoms with Crippen molar-refractivity contribution in [3.63, 3.8) is 0 Å². The van der Waals surface area contributed by atoms with Crippen LogP contribution in [0.4, 0.5) is 24.5 Å². The van der Waals surface area contributed by atoms with Crippen LogP contribution in [-0.4, -0.2) is 58.1 Å². The lowest BCUT2D eigenvalue weighted by Gasteiger charge is -2.30. The van der Waals surface area contributed by atoms with E-state index in [9.17, 15) is 47.6 Å². The number of alkyl halides is 3. The van der Waals surface area contributed by atoms with E-state index in [0.29, 0.717) is 5.56 Å². The second-order valence-corrected chi connectivity index (χ2v) is 10.6. The molecule has 3 aromatic rings. The molecule has 3 N–H and O–H groups in total. The largest absolute Gasteiger partial charge is 0.542 e. The number of benzene rings is 3. The summed E-state index contributed by atoms with van der Waals surface area (Å²) in [6, 6.07) is 19.4. The van der Waals surface area contributed by atoms with Crippen molar-refractivity contribution in [2.24, 2.45) is 11.8 Å². The fourth-order valence-electron chi connectivity index (χ4n) is 5.94. The minimum atomic E-state index is -5.19. The van der Waals surface area contributed by atoms with Gasteiger partial charge < -0.3 is 25.1 Å². The van der Waals surface area contributed by atoms with Crippen molar-refractivity contribution in [3.8, 4) is 0 Å². The molecule has 16 heteroatoms. The quantitative estimate of drug-likeness (QED) is 0.155. The zero-order chi connectivity index (χ0) is 34.7. The fourth-order valence-corrected chi connectivity index (χ4v) is 5.94. The first-order valence-electron chi connectivity index (χ1n) is 13.9. The number of carbonyl (C=O) groups excluding carboxylic acids is 4. The summed E-state index contributed by atoms with van der Waals surface area (Å²) in [5, 5.41) is 31.4. The normalized spacial score (nSPS) is 21.8. The molecule has 0 aliphatic carbocycles. The van der Waals surface area contributed by atoms with Crippen LogP contribution in [0.5, 0.6) is 0 Å². The molecule has 0 unspecified atom stereocenters. The molecule has 246 valence electrons. The van der Waals surface area contributed by atoms with Crippen LogP contribution in [0.25, 0.3) is 0 Å². The van der Waals surface area contributed by atoms with Gasteiger partial charge in [-0.05, 0) is 30.7 Å². The third-order valence-electron chi connectivity index (χ3n) is 7.81. The van der Waals surface area contributed by atoms with Gasteiger partial charge in [0.2, 0.25) is 17.4 Å². The molecule has 0 spiro atoms. The molecular weight excluding hydrogens is 631 g/mol. The standard InChI is InChI=1S/C29H25N3O8.C2HF3O2/c1-2-40-28(37)29(16-17-8-4-3-5-9-17)23-22(24(30-29)18-10-6-13-21(14-18)32(38)39)25(33)31(26(23)34)20-12-7-11-19(15-20)27(35)36;3-2(4,5)1(6)7/h3-15,22-24,30H,2,16H2,1H3,(H,35,36);(H,6,7)/t22-,23-,24-,29-;/m0./s1. The number of nitro benzene ring substituents is 1. The van der Waals surface area contributed by atoms with E-state index < -0.39 is 64.2 Å². The van der Waals surface area contributed by atoms with Gasteiger partial charge in [-0.1, -0.05) is 48.5 Å². The van der Waals surface area contributed by atoms with E-state index in [1.165, 1.54) is 42.5 Å². The van der Waals surface area contributed by atoms with Gasteiger partial charge in [0.25, 0.3) is 5.69 Å². The Hall–Kier alpha value is -5.64. The summed E-state index contributed by atoms with van der Waals surface area (Å²) in [6.45, 7) is 1.68. The molecule has 0 saturated carbocycles. The van der Waals surface area contributed by atoms with Crippen LogP contribution in [0.3, 0.4) is 0 Å². The number of nitro groups is 1. The molecule has 2 amide bonds. The van der Waals surface area contributed by atoms with Crippen LogP contribution in [-0.2, 0) is 30.3 Å². The molecule has 0 aromatic heterocycles. The van der Waals surface area contributed by atoms with Crippen molar-refractivity contribution in [1.82, 2.24) is 0 Å². The number of halogens is 3. The van der Waals surface area contributed by atoms with Gasteiger partial charge in [-0.2, -0.15) is 13.2 Å². The number of amides is 2. The van der Waals surface area contributed by atoms with Gasteiger partial charge >= 0.3 is 18.1 Å². The molecule has 47 heavy (non-hydrogen) atoms. The number of imide groups is 1. The summed E-state index contributed by atoms with van der Waals surface area (Å²) in [7, 11) is 0. The van der Waals surface area contributed by atoms with Gasteiger partial charge in [0.05, 0.1) is 22.8 Å². The molecule has 2 saturated heterocycles. The Balaban J connectivity index is 0.000000644. The number of quaternary nitrogens is 1. The Morgan fingerprint density at radius 2 is 1.64 bits per heavy atom. The van der Waals surface area contributed by atoms with Crippen LogP contribution < -0.4 is 15.3 Å². The number of rotatable bonds is 8. The monoisotopic (exact) mass is 657 g/mol. The molecule has 0 bridgehead atoms. The van der Waals surface area contributed by atoms with Crippen LogP contribution >= 0.6 is 0 Å². The summed E-state index contributed by atoms with van der Waals surface area (Å²) in [6.07, 6.45) is -5.14. The molecule has 5 rings (SSSR count). The van der Waals surface area contributed by atoms with Gasteiger partial charge in [-0.3, -0.25) is 19.7 Å². The van der Waals surface area contributed by atoms with Crippen molar-refractivity contribution < 1.29 is 62.3 Å². The SMILES string of the molecule is CCOC(=O)[C@@]1(Cc2ccccc2)[NH2+][C@@H](c2cccc([N+](=O)[O-])c2)[C@H]2C(=O)N(c3cccc(C(=O)O)c3)C(=O)[C@H]21.O=C([O-])C(F)(F)F. The number of carboxylic acid groups (broad SMARTS) is 2. The number of non-ortho nitro benzene ring substituents is 1. The Labute approximate surface area is 263 Å². The number of hydrogen-bond acceptors (Lipinski definition) is 9. The highest BCUT2D eigenvalue weighted by molar-refractivity contribution is 6.24. The van der Waals surface area contributed by atoms with Gasteiger partial charge in [0.1, 0.15) is 23.8 Å². The maximum absolute atomic E-state index is 14.2. The number of anilines is 1. The number of carbonyl (C=O) groups is 5. The highest BCUT2D eigenvalue weighted by Gasteiger charge is 2.72. The topological polar surface area (TPSA) is 201 Å². The van der Waals surface area contributed by atoms with E-state index in [-0.39, 0.29) is 30.0 Å². The van der Waals surface area contributed by atoms with E-state index in [2.05, 4.69) is 0 Å². The van der Waals surface area contributed by atoms with Gasteiger partial charge in [-0.25, -0.2) is 14.5 Å². The molecule has 2 aliphatic heterocycles. The first kappa shape index (κ1) is 34.2. The number of nitrogens with two attached hydrogens (primary N) is 1.